The number of hydrogen-bond donors (Lipinski definition) is 1. The number of alkyl halides is 1. The molecule has 0 radical (unpaired) electrons. The lowest BCUT2D eigenvalue weighted by molar-refractivity contribution is -0.117. The largest absolute Gasteiger partial charge is 0.325 e. The molecule has 1 unspecified atom stereocenters. The highest BCUT2D eigenvalue weighted by molar-refractivity contribution is 6.28. The van der Waals surface area contributed by atoms with Crippen LogP contribution >= 0.6 is 11.6 Å². The Morgan fingerprint density at radius 2 is 2.42 bits per heavy atom. The summed E-state index contributed by atoms with van der Waals surface area (Å²) in [5.41, 5.74) is 0. The Morgan fingerprint density at radius 1 is 1.75 bits per heavy atom. The van der Waals surface area contributed by atoms with Gasteiger partial charge in [0.25, 0.3) is 0 Å². The zero-order chi connectivity index (χ0) is 9.14. The van der Waals surface area contributed by atoms with E-state index < -0.39 is 11.9 Å². The molecule has 0 spiro atoms. The third-order valence-corrected chi connectivity index (χ3v) is 1.63. The summed E-state index contributed by atoms with van der Waals surface area (Å²) in [6, 6.07) is 0.952. The fourth-order valence-corrected chi connectivity index (χ4v) is 0.765. The number of halogens is 1. The molecule has 6 heteroatoms. The lowest BCUT2D eigenvalue weighted by atomic mass is 10.5. The van der Waals surface area contributed by atoms with Gasteiger partial charge < -0.3 is 4.90 Å². The minimum absolute atomic E-state index is 0.253. The van der Waals surface area contributed by atoms with Gasteiger partial charge in [-0.1, -0.05) is 0 Å². The summed E-state index contributed by atoms with van der Waals surface area (Å²) >= 11 is 5.14. The predicted molar refractivity (Wildman–Crippen MR) is 40.4 cm³/mol. The standard InChI is InChI=1S/C6H6ClN3O2/c7-1-5(11)9-6(12)10-3-4(10)2-8/h4H,1,3H2,(H,9,11,12). The molecule has 0 aliphatic carbocycles. The van der Waals surface area contributed by atoms with Crippen LogP contribution in [0, 0.1) is 11.3 Å². The highest BCUT2D eigenvalue weighted by Crippen LogP contribution is 2.15. The van der Waals surface area contributed by atoms with Gasteiger partial charge in [-0.15, -0.1) is 11.6 Å². The molecular weight excluding hydrogens is 182 g/mol. The quantitative estimate of drug-likeness (QED) is 0.451. The second-order valence-corrected chi connectivity index (χ2v) is 2.55. The number of nitrogens with zero attached hydrogens (tertiary/aromatic N) is 2. The zero-order valence-electron chi connectivity index (χ0n) is 6.08. The zero-order valence-corrected chi connectivity index (χ0v) is 6.84. The number of rotatable bonds is 1. The molecule has 1 atom stereocenters. The van der Waals surface area contributed by atoms with Gasteiger partial charge in [0.2, 0.25) is 5.91 Å². The third kappa shape index (κ3) is 1.86. The molecule has 3 amide bonds. The fourth-order valence-electron chi connectivity index (χ4n) is 0.699. The average molecular weight is 188 g/mol. The van der Waals surface area contributed by atoms with Gasteiger partial charge in [-0.2, -0.15) is 5.26 Å². The summed E-state index contributed by atoms with van der Waals surface area (Å²) in [4.78, 5) is 22.7. The third-order valence-electron chi connectivity index (χ3n) is 1.39. The molecule has 1 heterocycles. The molecule has 0 aromatic rings. The SMILES string of the molecule is N#CC1CN1C(=O)NC(=O)CCl. The van der Waals surface area contributed by atoms with Gasteiger partial charge in [-0.3, -0.25) is 10.1 Å². The van der Waals surface area contributed by atoms with Gasteiger partial charge in [0, 0.05) is 0 Å². The molecule has 1 aliphatic rings. The Kier molecular flexibility index (Phi) is 2.51. The van der Waals surface area contributed by atoms with Crippen LogP contribution in [0.4, 0.5) is 4.79 Å². The average Bonchev–Trinajstić information content (AvgIpc) is 2.82. The van der Waals surface area contributed by atoms with Crippen LogP contribution in [0.25, 0.3) is 0 Å². The van der Waals surface area contributed by atoms with Crippen molar-refractivity contribution < 1.29 is 9.59 Å². The molecule has 0 aromatic heterocycles. The van der Waals surface area contributed by atoms with E-state index in [1.807, 2.05) is 11.4 Å². The van der Waals surface area contributed by atoms with Crippen molar-refractivity contribution in [3.05, 3.63) is 0 Å². The molecule has 64 valence electrons. The molecule has 0 saturated carbocycles. The number of amides is 3. The van der Waals surface area contributed by atoms with Crippen molar-refractivity contribution >= 4 is 23.5 Å². The maximum absolute atomic E-state index is 10.9. The fraction of sp³-hybridized carbons (Fsp3) is 0.500. The molecule has 12 heavy (non-hydrogen) atoms. The van der Waals surface area contributed by atoms with E-state index in [0.717, 1.165) is 0 Å². The molecule has 1 rings (SSSR count). The summed E-state index contributed by atoms with van der Waals surface area (Å²) in [5, 5.41) is 10.4. The second-order valence-electron chi connectivity index (χ2n) is 2.28. The van der Waals surface area contributed by atoms with Gasteiger partial charge in [-0.25, -0.2) is 4.79 Å². The van der Waals surface area contributed by atoms with E-state index in [1.165, 1.54) is 4.90 Å². The second kappa shape index (κ2) is 3.41. The number of nitrogens with one attached hydrogen (secondary N) is 1. The van der Waals surface area contributed by atoms with Crippen molar-refractivity contribution in [3.8, 4) is 6.07 Å². The lowest BCUT2D eigenvalue weighted by Crippen LogP contribution is -2.35. The molecular formula is C6H6ClN3O2. The minimum atomic E-state index is -0.551. The van der Waals surface area contributed by atoms with E-state index in [-0.39, 0.29) is 11.9 Å². The Labute approximate surface area is 73.9 Å². The Bertz CT molecular complexity index is 260. The Morgan fingerprint density at radius 3 is 2.83 bits per heavy atom. The van der Waals surface area contributed by atoms with Gasteiger partial charge >= 0.3 is 6.03 Å². The molecule has 1 fully saturated rings. The first-order chi connectivity index (χ1) is 5.69. The first-order valence-corrected chi connectivity index (χ1v) is 3.78. The number of hydrogen-bond acceptors (Lipinski definition) is 3. The van der Waals surface area contributed by atoms with Crippen molar-refractivity contribution in [2.75, 3.05) is 12.4 Å². The highest BCUT2D eigenvalue weighted by atomic mass is 35.5. The van der Waals surface area contributed by atoms with E-state index in [2.05, 4.69) is 0 Å². The molecule has 1 aliphatic heterocycles. The normalized spacial score (nSPS) is 19.7. The first kappa shape index (κ1) is 8.81. The summed E-state index contributed by atoms with van der Waals surface area (Å²) in [6.45, 7) is 0.387. The molecule has 0 aromatic carbocycles. The molecule has 0 bridgehead atoms. The van der Waals surface area contributed by atoms with E-state index in [9.17, 15) is 9.59 Å². The molecule has 5 nitrogen and oxygen atoms in total. The summed E-state index contributed by atoms with van der Waals surface area (Å²) in [7, 11) is 0. The van der Waals surface area contributed by atoms with Crippen LogP contribution in [0.2, 0.25) is 0 Å². The van der Waals surface area contributed by atoms with Crippen molar-refractivity contribution in [2.24, 2.45) is 0 Å². The molecule has 1 saturated heterocycles. The van der Waals surface area contributed by atoms with Gasteiger partial charge in [0.05, 0.1) is 12.6 Å². The van der Waals surface area contributed by atoms with Crippen molar-refractivity contribution in [3.63, 3.8) is 0 Å². The van der Waals surface area contributed by atoms with Gasteiger partial charge in [0.15, 0.2) is 0 Å². The first-order valence-electron chi connectivity index (χ1n) is 3.25. The van der Waals surface area contributed by atoms with Crippen LogP contribution in [-0.2, 0) is 4.79 Å². The molecule has 1 N–H and O–H groups in total. The summed E-state index contributed by atoms with van der Waals surface area (Å²) in [5.74, 6) is -0.804. The van der Waals surface area contributed by atoms with Crippen molar-refractivity contribution in [1.82, 2.24) is 10.2 Å². The monoisotopic (exact) mass is 187 g/mol. The number of carbonyl (C=O) groups excluding carboxylic acids is 2. The van der Waals surface area contributed by atoms with Crippen LogP contribution in [0.5, 0.6) is 0 Å². The number of nitriles is 1. The maximum atomic E-state index is 10.9. The number of carbonyl (C=O) groups is 2. The van der Waals surface area contributed by atoms with E-state index in [0.29, 0.717) is 6.54 Å². The van der Waals surface area contributed by atoms with E-state index >= 15 is 0 Å². The Balaban J connectivity index is 2.32. The predicted octanol–water partition coefficient (Wildman–Crippen LogP) is -0.331. The smallest absolute Gasteiger partial charge is 0.303 e. The topological polar surface area (TPSA) is 73.0 Å². The Hall–Kier alpha value is -1.28. The van der Waals surface area contributed by atoms with Crippen LogP contribution in [0.15, 0.2) is 0 Å². The van der Waals surface area contributed by atoms with Crippen LogP contribution < -0.4 is 5.32 Å². The highest BCUT2D eigenvalue weighted by Gasteiger charge is 2.39. The number of imide groups is 1. The van der Waals surface area contributed by atoms with E-state index in [4.69, 9.17) is 16.9 Å². The van der Waals surface area contributed by atoms with E-state index in [1.54, 1.807) is 0 Å². The number of urea groups is 1. The van der Waals surface area contributed by atoms with Crippen molar-refractivity contribution in [1.29, 1.82) is 5.26 Å². The maximum Gasteiger partial charge on any atom is 0.325 e. The van der Waals surface area contributed by atoms with Crippen LogP contribution in [-0.4, -0.2) is 35.3 Å². The lowest BCUT2D eigenvalue weighted by Gasteiger charge is -2.00. The van der Waals surface area contributed by atoms with Gasteiger partial charge in [-0.05, 0) is 0 Å². The summed E-state index contributed by atoms with van der Waals surface area (Å²) in [6.07, 6.45) is 0. The van der Waals surface area contributed by atoms with Gasteiger partial charge in [0.1, 0.15) is 11.9 Å². The van der Waals surface area contributed by atoms with Crippen LogP contribution in [0.1, 0.15) is 0 Å². The van der Waals surface area contributed by atoms with Crippen molar-refractivity contribution in [2.45, 2.75) is 6.04 Å². The minimum Gasteiger partial charge on any atom is -0.303 e. The summed E-state index contributed by atoms with van der Waals surface area (Å²) < 4.78 is 0. The van der Waals surface area contributed by atoms with Crippen LogP contribution in [0.3, 0.4) is 0 Å².